The fourth-order valence-corrected chi connectivity index (χ4v) is 1.56. The molecule has 0 heterocycles. The molecule has 0 radical (unpaired) electrons. The first-order valence-corrected chi connectivity index (χ1v) is 5.55. The molecule has 0 bridgehead atoms. The van der Waals surface area contributed by atoms with Crippen molar-refractivity contribution in [2.45, 2.75) is 46.7 Å². The lowest BCUT2D eigenvalue weighted by molar-refractivity contribution is -0.117. The molecular weight excluding hydrogens is 188 g/mol. The highest BCUT2D eigenvalue weighted by Crippen LogP contribution is 2.03. The molecule has 3 nitrogen and oxygen atoms in total. The zero-order valence-electron chi connectivity index (χ0n) is 10.6. The lowest BCUT2D eigenvalue weighted by atomic mass is 10.2. The summed E-state index contributed by atoms with van der Waals surface area (Å²) in [6, 6.07) is 1.01. The van der Waals surface area contributed by atoms with Gasteiger partial charge in [-0.25, -0.2) is 0 Å². The zero-order valence-corrected chi connectivity index (χ0v) is 10.6. The Morgan fingerprint density at radius 3 is 2.07 bits per heavy atom. The Bertz CT molecular complexity index is 214. The molecule has 15 heavy (non-hydrogen) atoms. The summed E-state index contributed by atoms with van der Waals surface area (Å²) >= 11 is 0. The van der Waals surface area contributed by atoms with Gasteiger partial charge in [0.15, 0.2) is 0 Å². The third-order valence-electron chi connectivity index (χ3n) is 2.37. The first kappa shape index (κ1) is 14.2. The minimum absolute atomic E-state index is 0.0533. The van der Waals surface area contributed by atoms with Crippen LogP contribution in [0.4, 0.5) is 0 Å². The highest BCUT2D eigenvalue weighted by atomic mass is 16.1. The van der Waals surface area contributed by atoms with Gasteiger partial charge in [0, 0.05) is 30.7 Å². The van der Waals surface area contributed by atoms with Crippen molar-refractivity contribution in [3.63, 3.8) is 0 Å². The number of amides is 1. The van der Waals surface area contributed by atoms with Crippen molar-refractivity contribution in [3.05, 3.63) is 12.2 Å². The van der Waals surface area contributed by atoms with Crippen LogP contribution in [-0.4, -0.2) is 36.0 Å². The van der Waals surface area contributed by atoms with Crippen molar-refractivity contribution >= 4 is 5.91 Å². The van der Waals surface area contributed by atoms with Gasteiger partial charge in [0.1, 0.15) is 0 Å². The van der Waals surface area contributed by atoms with Crippen LogP contribution in [-0.2, 0) is 4.79 Å². The van der Waals surface area contributed by atoms with E-state index < -0.39 is 0 Å². The van der Waals surface area contributed by atoms with E-state index in [0.29, 0.717) is 24.2 Å². The van der Waals surface area contributed by atoms with Crippen LogP contribution >= 0.6 is 0 Å². The zero-order chi connectivity index (χ0) is 12.0. The molecule has 0 aliphatic rings. The quantitative estimate of drug-likeness (QED) is 0.681. The number of nitrogens with one attached hydrogen (secondary N) is 1. The van der Waals surface area contributed by atoms with E-state index in [2.05, 4.69) is 44.5 Å². The van der Waals surface area contributed by atoms with Gasteiger partial charge >= 0.3 is 0 Å². The summed E-state index contributed by atoms with van der Waals surface area (Å²) in [7, 11) is 0. The number of carbonyl (C=O) groups is 1. The topological polar surface area (TPSA) is 32.3 Å². The molecule has 0 rings (SSSR count). The van der Waals surface area contributed by atoms with E-state index in [1.807, 2.05) is 0 Å². The lowest BCUT2D eigenvalue weighted by Crippen LogP contribution is -2.42. The first-order valence-electron chi connectivity index (χ1n) is 5.55. The second kappa shape index (κ2) is 6.62. The van der Waals surface area contributed by atoms with Crippen LogP contribution in [0.25, 0.3) is 0 Å². The van der Waals surface area contributed by atoms with Gasteiger partial charge in [-0.3, -0.25) is 9.69 Å². The van der Waals surface area contributed by atoms with Crippen LogP contribution in [0.5, 0.6) is 0 Å². The maximum atomic E-state index is 11.2. The third-order valence-corrected chi connectivity index (χ3v) is 2.37. The molecule has 1 amide bonds. The van der Waals surface area contributed by atoms with Gasteiger partial charge in [0.05, 0.1) is 0 Å². The van der Waals surface area contributed by atoms with Crippen LogP contribution in [0, 0.1) is 0 Å². The predicted octanol–water partition coefficient (Wildman–Crippen LogP) is 1.80. The number of carbonyl (C=O) groups excluding carboxylic acids is 1. The van der Waals surface area contributed by atoms with Crippen molar-refractivity contribution in [1.82, 2.24) is 10.2 Å². The summed E-state index contributed by atoms with van der Waals surface area (Å²) in [5.74, 6) is -0.0533. The fourth-order valence-electron chi connectivity index (χ4n) is 1.56. The van der Waals surface area contributed by atoms with E-state index in [0.717, 1.165) is 6.54 Å². The Labute approximate surface area is 93.5 Å². The van der Waals surface area contributed by atoms with Crippen LogP contribution in [0.2, 0.25) is 0 Å². The number of nitrogens with zero attached hydrogens (tertiary/aromatic N) is 1. The Morgan fingerprint density at radius 1 is 1.27 bits per heavy atom. The van der Waals surface area contributed by atoms with Gasteiger partial charge in [-0.15, -0.1) is 0 Å². The van der Waals surface area contributed by atoms with Gasteiger partial charge < -0.3 is 5.32 Å². The minimum Gasteiger partial charge on any atom is -0.351 e. The Morgan fingerprint density at radius 2 is 1.73 bits per heavy atom. The molecule has 0 aromatic carbocycles. The highest BCUT2D eigenvalue weighted by molar-refractivity contribution is 5.92. The standard InChI is InChI=1S/C12H24N2O/c1-9(2)12(15)13-7-8-14(10(3)4)11(5)6/h10-11H,1,7-8H2,2-6H3,(H,13,15). The Balaban J connectivity index is 3.92. The normalized spacial score (nSPS) is 11.2. The molecule has 0 atom stereocenters. The fraction of sp³-hybridized carbons (Fsp3) is 0.750. The van der Waals surface area contributed by atoms with Gasteiger partial charge in [-0.05, 0) is 34.6 Å². The lowest BCUT2D eigenvalue weighted by Gasteiger charge is -2.30. The average Bonchev–Trinajstić information content (AvgIpc) is 2.10. The molecule has 0 aromatic heterocycles. The van der Waals surface area contributed by atoms with Crippen LogP contribution in [0.1, 0.15) is 34.6 Å². The van der Waals surface area contributed by atoms with Crippen LogP contribution in [0.3, 0.4) is 0 Å². The number of rotatable bonds is 6. The SMILES string of the molecule is C=C(C)C(=O)NCCN(C(C)C)C(C)C. The van der Waals surface area contributed by atoms with Gasteiger partial charge in [-0.1, -0.05) is 6.58 Å². The molecule has 0 spiro atoms. The molecule has 1 N–H and O–H groups in total. The summed E-state index contributed by atoms with van der Waals surface area (Å²) in [4.78, 5) is 13.6. The smallest absolute Gasteiger partial charge is 0.246 e. The van der Waals surface area contributed by atoms with E-state index in [1.165, 1.54) is 0 Å². The molecule has 0 unspecified atom stereocenters. The summed E-state index contributed by atoms with van der Waals surface area (Å²) < 4.78 is 0. The van der Waals surface area contributed by atoms with E-state index in [1.54, 1.807) is 6.92 Å². The largest absolute Gasteiger partial charge is 0.351 e. The average molecular weight is 212 g/mol. The predicted molar refractivity (Wildman–Crippen MR) is 64.8 cm³/mol. The molecule has 88 valence electrons. The van der Waals surface area contributed by atoms with Gasteiger partial charge in [0.2, 0.25) is 5.91 Å². The van der Waals surface area contributed by atoms with Gasteiger partial charge in [-0.2, -0.15) is 0 Å². The minimum atomic E-state index is -0.0533. The Hall–Kier alpha value is -0.830. The van der Waals surface area contributed by atoms with Crippen molar-refractivity contribution in [3.8, 4) is 0 Å². The maximum absolute atomic E-state index is 11.2. The third kappa shape index (κ3) is 5.57. The molecule has 0 fully saturated rings. The van der Waals surface area contributed by atoms with Crippen molar-refractivity contribution < 1.29 is 4.79 Å². The Kier molecular flexibility index (Phi) is 6.25. The molecule has 0 saturated heterocycles. The second-order valence-corrected chi connectivity index (χ2v) is 4.46. The summed E-state index contributed by atoms with van der Waals surface area (Å²) in [6.45, 7) is 15.6. The molecule has 0 saturated carbocycles. The van der Waals surface area contributed by atoms with E-state index in [4.69, 9.17) is 0 Å². The first-order chi connectivity index (χ1) is 6.86. The number of hydrogen-bond donors (Lipinski definition) is 1. The molecular formula is C12H24N2O. The maximum Gasteiger partial charge on any atom is 0.246 e. The summed E-state index contributed by atoms with van der Waals surface area (Å²) in [6.07, 6.45) is 0. The van der Waals surface area contributed by atoms with Crippen LogP contribution < -0.4 is 5.32 Å². The van der Waals surface area contributed by atoms with E-state index in [-0.39, 0.29) is 5.91 Å². The highest BCUT2D eigenvalue weighted by Gasteiger charge is 2.12. The number of hydrogen-bond acceptors (Lipinski definition) is 2. The van der Waals surface area contributed by atoms with Crippen molar-refractivity contribution in [1.29, 1.82) is 0 Å². The molecule has 0 aliphatic heterocycles. The monoisotopic (exact) mass is 212 g/mol. The molecule has 0 aromatic rings. The van der Waals surface area contributed by atoms with E-state index in [9.17, 15) is 4.79 Å². The van der Waals surface area contributed by atoms with Crippen LogP contribution in [0.15, 0.2) is 12.2 Å². The summed E-state index contributed by atoms with van der Waals surface area (Å²) in [5, 5.41) is 2.84. The van der Waals surface area contributed by atoms with Crippen molar-refractivity contribution in [2.75, 3.05) is 13.1 Å². The second-order valence-electron chi connectivity index (χ2n) is 4.46. The van der Waals surface area contributed by atoms with E-state index >= 15 is 0 Å². The summed E-state index contributed by atoms with van der Waals surface area (Å²) in [5.41, 5.74) is 0.565. The molecule has 3 heteroatoms. The van der Waals surface area contributed by atoms with Gasteiger partial charge in [0.25, 0.3) is 0 Å². The molecule has 0 aliphatic carbocycles. The van der Waals surface area contributed by atoms with Crippen molar-refractivity contribution in [2.24, 2.45) is 0 Å².